The van der Waals surface area contributed by atoms with Gasteiger partial charge in [-0.1, -0.05) is 12.1 Å². The van der Waals surface area contributed by atoms with E-state index >= 15 is 0 Å². The van der Waals surface area contributed by atoms with E-state index in [1.165, 1.54) is 31.5 Å². The Morgan fingerprint density at radius 3 is 2.37 bits per heavy atom. The molecule has 3 nitrogen and oxygen atoms in total. The molecule has 1 heterocycles. The van der Waals surface area contributed by atoms with Crippen LogP contribution in [-0.4, -0.2) is 35.7 Å². The lowest BCUT2D eigenvalue weighted by molar-refractivity contribution is 0.298. The van der Waals surface area contributed by atoms with Gasteiger partial charge in [0.15, 0.2) is 0 Å². The lowest BCUT2D eigenvalue weighted by Crippen LogP contribution is -2.37. The number of nitrogens with one attached hydrogen (secondary N) is 1. The van der Waals surface area contributed by atoms with E-state index in [4.69, 9.17) is 0 Å². The molecule has 2 rings (SSSR count). The summed E-state index contributed by atoms with van der Waals surface area (Å²) in [5.41, 5.74) is 3.18. The molecular weight excluding hydrogens is 236 g/mol. The summed E-state index contributed by atoms with van der Waals surface area (Å²) in [4.78, 5) is 2.53. The summed E-state index contributed by atoms with van der Waals surface area (Å²) >= 11 is 0. The fourth-order valence-electron chi connectivity index (χ4n) is 2.86. The number of aryl methyl sites for hydroxylation is 2. The molecular formula is C16H26N2O. The second-order valence-corrected chi connectivity index (χ2v) is 5.87. The zero-order valence-corrected chi connectivity index (χ0v) is 12.4. The Labute approximate surface area is 116 Å². The summed E-state index contributed by atoms with van der Waals surface area (Å²) in [5, 5.41) is 13.3. The molecule has 1 aromatic rings. The number of hydrogen-bond acceptors (Lipinski definition) is 3. The van der Waals surface area contributed by atoms with Crippen LogP contribution in [0.1, 0.15) is 36.5 Å². The molecule has 1 aromatic carbocycles. The Bertz CT molecular complexity index is 402. The number of hydrogen-bond donors (Lipinski definition) is 2. The third-order valence-corrected chi connectivity index (χ3v) is 3.94. The van der Waals surface area contributed by atoms with Crippen molar-refractivity contribution in [2.24, 2.45) is 0 Å². The minimum atomic E-state index is 0.425. The fraction of sp³-hybridized carbons (Fsp3) is 0.625. The second-order valence-electron chi connectivity index (χ2n) is 5.87. The van der Waals surface area contributed by atoms with Gasteiger partial charge in [0.05, 0.1) is 0 Å². The minimum Gasteiger partial charge on any atom is -0.507 e. The first-order valence-electron chi connectivity index (χ1n) is 7.31. The van der Waals surface area contributed by atoms with E-state index in [0.717, 1.165) is 24.2 Å². The minimum absolute atomic E-state index is 0.425. The van der Waals surface area contributed by atoms with Crippen LogP contribution < -0.4 is 5.32 Å². The average molecular weight is 262 g/mol. The molecule has 0 saturated carbocycles. The summed E-state index contributed by atoms with van der Waals surface area (Å²) in [7, 11) is 0. The fourth-order valence-corrected chi connectivity index (χ4v) is 2.86. The third-order valence-electron chi connectivity index (χ3n) is 3.94. The van der Waals surface area contributed by atoms with Crippen molar-refractivity contribution in [2.45, 2.75) is 46.2 Å². The summed E-state index contributed by atoms with van der Waals surface area (Å²) in [6.07, 6.45) is 2.70. The van der Waals surface area contributed by atoms with Crippen LogP contribution >= 0.6 is 0 Å². The molecule has 19 heavy (non-hydrogen) atoms. The van der Waals surface area contributed by atoms with Crippen molar-refractivity contribution in [1.29, 1.82) is 0 Å². The highest BCUT2D eigenvalue weighted by atomic mass is 16.3. The highest BCUT2D eigenvalue weighted by Crippen LogP contribution is 2.22. The standard InChI is InChI=1S/C16H26N2O/c1-12-8-15(9-13(2)16(12)19)10-17-14(3)11-18-6-4-5-7-18/h8-9,14,17,19H,4-7,10-11H2,1-3H3. The molecule has 1 unspecified atom stereocenters. The van der Waals surface area contributed by atoms with E-state index < -0.39 is 0 Å². The van der Waals surface area contributed by atoms with Crippen LogP contribution in [0.2, 0.25) is 0 Å². The van der Waals surface area contributed by atoms with Crippen LogP contribution in [0.5, 0.6) is 5.75 Å². The van der Waals surface area contributed by atoms with Gasteiger partial charge in [-0.05, 0) is 63.4 Å². The van der Waals surface area contributed by atoms with Crippen molar-refractivity contribution in [1.82, 2.24) is 10.2 Å². The van der Waals surface area contributed by atoms with E-state index in [2.05, 4.69) is 29.3 Å². The maximum Gasteiger partial charge on any atom is 0.121 e. The lowest BCUT2D eigenvalue weighted by atomic mass is 10.1. The Morgan fingerprint density at radius 2 is 1.79 bits per heavy atom. The molecule has 0 radical (unpaired) electrons. The van der Waals surface area contributed by atoms with Crippen LogP contribution in [0.15, 0.2) is 12.1 Å². The van der Waals surface area contributed by atoms with Crippen molar-refractivity contribution in [3.63, 3.8) is 0 Å². The molecule has 0 spiro atoms. The Morgan fingerprint density at radius 1 is 1.21 bits per heavy atom. The normalized spacial score (nSPS) is 17.8. The van der Waals surface area contributed by atoms with Gasteiger partial charge >= 0.3 is 0 Å². The van der Waals surface area contributed by atoms with E-state index in [1.54, 1.807) is 0 Å². The molecule has 3 heteroatoms. The number of nitrogens with zero attached hydrogens (tertiary/aromatic N) is 1. The van der Waals surface area contributed by atoms with Gasteiger partial charge in [0, 0.05) is 19.1 Å². The van der Waals surface area contributed by atoms with Gasteiger partial charge in [-0.3, -0.25) is 0 Å². The zero-order chi connectivity index (χ0) is 13.8. The van der Waals surface area contributed by atoms with E-state index in [9.17, 15) is 5.11 Å². The largest absolute Gasteiger partial charge is 0.507 e. The number of rotatable bonds is 5. The number of phenolic OH excluding ortho intramolecular Hbond substituents is 1. The highest BCUT2D eigenvalue weighted by Gasteiger charge is 2.14. The van der Waals surface area contributed by atoms with Crippen LogP contribution in [0.3, 0.4) is 0 Å². The molecule has 0 aliphatic carbocycles. The quantitative estimate of drug-likeness (QED) is 0.856. The third kappa shape index (κ3) is 3.95. The first kappa shape index (κ1) is 14.4. The van der Waals surface area contributed by atoms with Crippen molar-refractivity contribution in [2.75, 3.05) is 19.6 Å². The molecule has 2 N–H and O–H groups in total. The Hall–Kier alpha value is -1.06. The Kier molecular flexibility index (Phi) is 4.83. The maximum atomic E-state index is 9.77. The van der Waals surface area contributed by atoms with Gasteiger partial charge in [-0.15, -0.1) is 0 Å². The molecule has 0 aromatic heterocycles. The Balaban J connectivity index is 1.84. The van der Waals surface area contributed by atoms with Crippen LogP contribution in [-0.2, 0) is 6.54 Å². The van der Waals surface area contributed by atoms with Crippen molar-refractivity contribution in [3.8, 4) is 5.75 Å². The van der Waals surface area contributed by atoms with Crippen molar-refractivity contribution < 1.29 is 5.11 Å². The van der Waals surface area contributed by atoms with Crippen LogP contribution in [0, 0.1) is 13.8 Å². The molecule has 1 saturated heterocycles. The van der Waals surface area contributed by atoms with Gasteiger partial charge < -0.3 is 15.3 Å². The molecule has 1 aliphatic rings. The van der Waals surface area contributed by atoms with E-state index in [1.807, 2.05) is 13.8 Å². The first-order valence-corrected chi connectivity index (χ1v) is 7.31. The molecule has 1 aliphatic heterocycles. The van der Waals surface area contributed by atoms with Crippen LogP contribution in [0.4, 0.5) is 0 Å². The monoisotopic (exact) mass is 262 g/mol. The number of likely N-dealkylation sites (tertiary alicyclic amines) is 1. The predicted molar refractivity (Wildman–Crippen MR) is 79.6 cm³/mol. The molecule has 0 amide bonds. The molecule has 1 atom stereocenters. The van der Waals surface area contributed by atoms with Crippen molar-refractivity contribution in [3.05, 3.63) is 28.8 Å². The predicted octanol–water partition coefficient (Wildman–Crippen LogP) is 2.58. The summed E-state index contributed by atoms with van der Waals surface area (Å²) < 4.78 is 0. The highest BCUT2D eigenvalue weighted by molar-refractivity contribution is 5.42. The topological polar surface area (TPSA) is 35.5 Å². The lowest BCUT2D eigenvalue weighted by Gasteiger charge is -2.21. The number of phenols is 1. The van der Waals surface area contributed by atoms with Crippen LogP contribution in [0.25, 0.3) is 0 Å². The summed E-state index contributed by atoms with van der Waals surface area (Å²) in [6.45, 7) is 10.7. The molecule has 0 bridgehead atoms. The van der Waals surface area contributed by atoms with Gasteiger partial charge in [-0.2, -0.15) is 0 Å². The maximum absolute atomic E-state index is 9.77. The summed E-state index contributed by atoms with van der Waals surface area (Å²) in [6, 6.07) is 4.64. The van der Waals surface area contributed by atoms with E-state index in [0.29, 0.717) is 11.8 Å². The first-order chi connectivity index (χ1) is 9.06. The van der Waals surface area contributed by atoms with Gasteiger partial charge in [-0.25, -0.2) is 0 Å². The molecule has 106 valence electrons. The number of benzene rings is 1. The van der Waals surface area contributed by atoms with Gasteiger partial charge in [0.25, 0.3) is 0 Å². The number of aromatic hydroxyl groups is 1. The van der Waals surface area contributed by atoms with Gasteiger partial charge in [0.2, 0.25) is 0 Å². The zero-order valence-electron chi connectivity index (χ0n) is 12.4. The smallest absolute Gasteiger partial charge is 0.121 e. The van der Waals surface area contributed by atoms with Gasteiger partial charge in [0.1, 0.15) is 5.75 Å². The summed E-state index contributed by atoms with van der Waals surface area (Å²) in [5.74, 6) is 0.425. The molecule has 1 fully saturated rings. The SMILES string of the molecule is Cc1cc(CNC(C)CN2CCCC2)cc(C)c1O. The average Bonchev–Trinajstić information content (AvgIpc) is 2.86. The van der Waals surface area contributed by atoms with Crippen molar-refractivity contribution >= 4 is 0 Å². The van der Waals surface area contributed by atoms with E-state index in [-0.39, 0.29) is 0 Å². The second kappa shape index (κ2) is 6.40.